The first-order valence-electron chi connectivity index (χ1n) is 4.43. The Hall–Kier alpha value is -1.11. The molecule has 0 radical (unpaired) electrons. The molecule has 0 aromatic heterocycles. The molecule has 70 valence electrons. The summed E-state index contributed by atoms with van der Waals surface area (Å²) in [6, 6.07) is 0. The highest BCUT2D eigenvalue weighted by molar-refractivity contribution is 5.99. The van der Waals surface area contributed by atoms with E-state index in [1.165, 1.54) is 0 Å². The molecule has 2 nitrogen and oxygen atoms in total. The second-order valence-corrected chi connectivity index (χ2v) is 3.17. The summed E-state index contributed by atoms with van der Waals surface area (Å²) >= 11 is 0. The molecule has 0 fully saturated rings. The summed E-state index contributed by atoms with van der Waals surface area (Å²) in [7, 11) is 0. The number of ketones is 1. The summed E-state index contributed by atoms with van der Waals surface area (Å²) in [4.78, 5) is 11.3. The van der Waals surface area contributed by atoms with Gasteiger partial charge in [-0.1, -0.05) is 0 Å². The summed E-state index contributed by atoms with van der Waals surface area (Å²) in [6.45, 7) is 3.69. The minimum Gasteiger partial charge on any atom is -0.388 e. The molecule has 1 N–H and O–H groups in total. The average molecular weight is 178 g/mol. The SMILES string of the molecule is CC=C=CCC1=C(C)C(O)CC1=O. The van der Waals surface area contributed by atoms with E-state index in [1.54, 1.807) is 6.08 Å². The highest BCUT2D eigenvalue weighted by Gasteiger charge is 2.26. The summed E-state index contributed by atoms with van der Waals surface area (Å²) in [6.07, 6.45) is 3.90. The molecule has 0 saturated heterocycles. The van der Waals surface area contributed by atoms with Gasteiger partial charge in [-0.05, 0) is 31.6 Å². The number of carbonyl (C=O) groups excluding carboxylic acids is 1. The molecule has 0 bridgehead atoms. The first-order valence-corrected chi connectivity index (χ1v) is 4.43. The Morgan fingerprint density at radius 3 is 2.85 bits per heavy atom. The fourth-order valence-electron chi connectivity index (χ4n) is 1.43. The van der Waals surface area contributed by atoms with Gasteiger partial charge in [0.2, 0.25) is 0 Å². The monoisotopic (exact) mass is 178 g/mol. The molecular formula is C11H14O2. The van der Waals surface area contributed by atoms with Crippen LogP contribution in [-0.2, 0) is 4.79 Å². The van der Waals surface area contributed by atoms with Gasteiger partial charge in [-0.2, -0.15) is 0 Å². The van der Waals surface area contributed by atoms with Gasteiger partial charge < -0.3 is 5.11 Å². The normalized spacial score (nSPS) is 21.8. The van der Waals surface area contributed by atoms with Crippen molar-refractivity contribution in [1.82, 2.24) is 0 Å². The van der Waals surface area contributed by atoms with Crippen LogP contribution in [0.25, 0.3) is 0 Å². The molecule has 1 unspecified atom stereocenters. The van der Waals surface area contributed by atoms with Crippen LogP contribution < -0.4 is 0 Å². The number of aliphatic hydroxyl groups excluding tert-OH is 1. The minimum absolute atomic E-state index is 0.0687. The quantitative estimate of drug-likeness (QED) is 0.654. The van der Waals surface area contributed by atoms with Crippen molar-refractivity contribution in [3.8, 4) is 0 Å². The van der Waals surface area contributed by atoms with Crippen molar-refractivity contribution in [2.24, 2.45) is 0 Å². The molecular weight excluding hydrogens is 164 g/mol. The van der Waals surface area contributed by atoms with Crippen molar-refractivity contribution >= 4 is 5.78 Å². The maximum absolute atomic E-state index is 11.3. The molecule has 0 aromatic rings. The van der Waals surface area contributed by atoms with Crippen LogP contribution in [-0.4, -0.2) is 17.0 Å². The number of Topliss-reactive ketones (excluding diaryl/α,β-unsaturated/α-hetero) is 1. The van der Waals surface area contributed by atoms with E-state index < -0.39 is 6.10 Å². The molecule has 0 heterocycles. The highest BCUT2D eigenvalue weighted by Crippen LogP contribution is 2.25. The van der Waals surface area contributed by atoms with Gasteiger partial charge in [0.05, 0.1) is 6.10 Å². The molecule has 1 atom stereocenters. The van der Waals surface area contributed by atoms with Gasteiger partial charge in [0.25, 0.3) is 0 Å². The van der Waals surface area contributed by atoms with Crippen molar-refractivity contribution < 1.29 is 9.90 Å². The Labute approximate surface area is 78.3 Å². The first kappa shape index (κ1) is 9.97. The fraction of sp³-hybridized carbons (Fsp3) is 0.455. The Morgan fingerprint density at radius 1 is 1.69 bits per heavy atom. The summed E-state index contributed by atoms with van der Waals surface area (Å²) in [5.41, 5.74) is 4.48. The van der Waals surface area contributed by atoms with Crippen LogP contribution in [0.1, 0.15) is 26.7 Å². The van der Waals surface area contributed by atoms with E-state index in [9.17, 15) is 9.90 Å². The molecule has 0 spiro atoms. The zero-order valence-corrected chi connectivity index (χ0v) is 8.00. The molecule has 0 aliphatic heterocycles. The van der Waals surface area contributed by atoms with Crippen LogP contribution in [0.2, 0.25) is 0 Å². The largest absolute Gasteiger partial charge is 0.388 e. The standard InChI is InChI=1S/C11H14O2/c1-3-4-5-6-9-8(2)10(12)7-11(9)13/h3,5,10,12H,6-7H2,1-2H3. The van der Waals surface area contributed by atoms with Crippen LogP contribution in [0.3, 0.4) is 0 Å². The third-order valence-corrected chi connectivity index (χ3v) is 2.28. The van der Waals surface area contributed by atoms with Gasteiger partial charge in [0, 0.05) is 18.4 Å². The Kier molecular flexibility index (Phi) is 3.24. The maximum atomic E-state index is 11.3. The molecule has 1 aliphatic rings. The van der Waals surface area contributed by atoms with Gasteiger partial charge >= 0.3 is 0 Å². The smallest absolute Gasteiger partial charge is 0.162 e. The van der Waals surface area contributed by atoms with E-state index in [1.807, 2.05) is 19.9 Å². The molecule has 1 aliphatic carbocycles. The molecule has 0 aromatic carbocycles. The summed E-state index contributed by atoms with van der Waals surface area (Å²) in [5, 5.41) is 9.37. The lowest BCUT2D eigenvalue weighted by atomic mass is 10.1. The Morgan fingerprint density at radius 2 is 2.38 bits per heavy atom. The van der Waals surface area contributed by atoms with Gasteiger partial charge in [-0.25, -0.2) is 0 Å². The van der Waals surface area contributed by atoms with E-state index in [0.717, 1.165) is 11.1 Å². The topological polar surface area (TPSA) is 37.3 Å². The van der Waals surface area contributed by atoms with Crippen molar-refractivity contribution in [3.63, 3.8) is 0 Å². The lowest BCUT2D eigenvalue weighted by Gasteiger charge is -1.99. The van der Waals surface area contributed by atoms with E-state index in [0.29, 0.717) is 6.42 Å². The maximum Gasteiger partial charge on any atom is 0.162 e. The van der Waals surface area contributed by atoms with Crippen molar-refractivity contribution in [1.29, 1.82) is 0 Å². The highest BCUT2D eigenvalue weighted by atomic mass is 16.3. The van der Waals surface area contributed by atoms with Gasteiger partial charge in [0.1, 0.15) is 0 Å². The molecule has 1 rings (SSSR count). The Bertz CT molecular complexity index is 304. The van der Waals surface area contributed by atoms with Crippen LogP contribution in [0.4, 0.5) is 0 Å². The predicted molar refractivity (Wildman–Crippen MR) is 51.3 cm³/mol. The lowest BCUT2D eigenvalue weighted by molar-refractivity contribution is -0.115. The number of rotatable bonds is 2. The lowest BCUT2D eigenvalue weighted by Crippen LogP contribution is -2.03. The van der Waals surface area contributed by atoms with Gasteiger partial charge in [-0.3, -0.25) is 4.79 Å². The third-order valence-electron chi connectivity index (χ3n) is 2.28. The van der Waals surface area contributed by atoms with Gasteiger partial charge in [-0.15, -0.1) is 5.73 Å². The third kappa shape index (κ3) is 2.18. The number of hydrogen-bond acceptors (Lipinski definition) is 2. The van der Waals surface area contributed by atoms with E-state index >= 15 is 0 Å². The molecule has 0 amide bonds. The van der Waals surface area contributed by atoms with E-state index in [2.05, 4.69) is 5.73 Å². The van der Waals surface area contributed by atoms with E-state index in [-0.39, 0.29) is 12.2 Å². The van der Waals surface area contributed by atoms with Gasteiger partial charge in [0.15, 0.2) is 5.78 Å². The molecule has 13 heavy (non-hydrogen) atoms. The zero-order valence-electron chi connectivity index (χ0n) is 8.00. The van der Waals surface area contributed by atoms with Crippen molar-refractivity contribution in [2.75, 3.05) is 0 Å². The molecule has 0 saturated carbocycles. The minimum atomic E-state index is -0.554. The number of aliphatic hydroxyl groups is 1. The number of carbonyl (C=O) groups is 1. The number of hydrogen-bond donors (Lipinski definition) is 1. The average Bonchev–Trinajstić information content (AvgIpc) is 2.32. The van der Waals surface area contributed by atoms with Crippen molar-refractivity contribution in [2.45, 2.75) is 32.8 Å². The van der Waals surface area contributed by atoms with Crippen LogP contribution in [0.15, 0.2) is 29.0 Å². The molecule has 2 heteroatoms. The zero-order chi connectivity index (χ0) is 9.84. The fourth-order valence-corrected chi connectivity index (χ4v) is 1.43. The van der Waals surface area contributed by atoms with Crippen LogP contribution >= 0.6 is 0 Å². The van der Waals surface area contributed by atoms with Crippen LogP contribution in [0.5, 0.6) is 0 Å². The Balaban J connectivity index is 2.78. The predicted octanol–water partition coefficient (Wildman–Crippen LogP) is 1.76. The first-order chi connectivity index (χ1) is 6.16. The summed E-state index contributed by atoms with van der Waals surface area (Å²) in [5.74, 6) is 0.0687. The number of allylic oxidation sites excluding steroid dienone is 2. The second-order valence-electron chi connectivity index (χ2n) is 3.17. The summed E-state index contributed by atoms with van der Waals surface area (Å²) < 4.78 is 0. The van der Waals surface area contributed by atoms with Crippen molar-refractivity contribution in [3.05, 3.63) is 29.0 Å². The van der Waals surface area contributed by atoms with Crippen LogP contribution in [0, 0.1) is 0 Å². The van der Waals surface area contributed by atoms with E-state index in [4.69, 9.17) is 0 Å². The second kappa shape index (κ2) is 4.22.